The van der Waals surface area contributed by atoms with Crippen molar-refractivity contribution in [2.75, 3.05) is 19.0 Å². The van der Waals surface area contributed by atoms with Crippen molar-refractivity contribution in [3.05, 3.63) is 22.7 Å². The van der Waals surface area contributed by atoms with Gasteiger partial charge in [-0.25, -0.2) is 0 Å². The molecule has 0 spiro atoms. The Morgan fingerprint density at radius 1 is 1.56 bits per heavy atom. The molecule has 1 unspecified atom stereocenters. The molecular weight excluding hydrogens is 296 g/mol. The van der Waals surface area contributed by atoms with Crippen LogP contribution in [0.4, 0.5) is 5.69 Å². The molecule has 0 saturated carbocycles. The van der Waals surface area contributed by atoms with E-state index < -0.39 is 5.41 Å². The Hall–Kier alpha value is -1.07. The summed E-state index contributed by atoms with van der Waals surface area (Å²) in [6, 6.07) is 5.43. The van der Waals surface area contributed by atoms with Gasteiger partial charge in [-0.3, -0.25) is 4.79 Å². The lowest BCUT2D eigenvalue weighted by Gasteiger charge is -2.25. The number of hydrogen-bond acceptors (Lipinski definition) is 3. The highest BCUT2D eigenvalue weighted by Gasteiger charge is 2.30. The number of rotatable bonds is 5. The number of halogens is 1. The predicted molar refractivity (Wildman–Crippen MR) is 76.8 cm³/mol. The molecule has 4 nitrogen and oxygen atoms in total. The lowest BCUT2D eigenvalue weighted by Crippen LogP contribution is -2.39. The van der Waals surface area contributed by atoms with Crippen LogP contribution in [0.5, 0.6) is 5.75 Å². The zero-order valence-corrected chi connectivity index (χ0v) is 12.5. The second-order valence-corrected chi connectivity index (χ2v) is 5.27. The summed E-state index contributed by atoms with van der Waals surface area (Å²) < 4.78 is 5.95. The molecule has 0 radical (unpaired) electrons. The first-order valence-electron chi connectivity index (χ1n) is 5.82. The number of ether oxygens (including phenoxy) is 1. The van der Waals surface area contributed by atoms with Gasteiger partial charge in [-0.05, 0) is 41.4 Å². The summed E-state index contributed by atoms with van der Waals surface area (Å²) in [5.74, 6) is 0.612. The third-order valence-electron chi connectivity index (χ3n) is 3.20. The second kappa shape index (κ2) is 6.20. The van der Waals surface area contributed by atoms with Gasteiger partial charge in [0.2, 0.25) is 5.91 Å². The fourth-order valence-corrected chi connectivity index (χ4v) is 1.74. The van der Waals surface area contributed by atoms with Crippen LogP contribution >= 0.6 is 15.9 Å². The lowest BCUT2D eigenvalue weighted by molar-refractivity contribution is -0.124. The Labute approximate surface area is 116 Å². The molecule has 0 aromatic heterocycles. The molecule has 5 heteroatoms. The van der Waals surface area contributed by atoms with Gasteiger partial charge in [0.1, 0.15) is 5.75 Å². The minimum Gasteiger partial charge on any atom is -0.497 e. The lowest BCUT2D eigenvalue weighted by atomic mass is 9.86. The number of nitrogens with one attached hydrogen (secondary N) is 1. The maximum absolute atomic E-state index is 12.2. The van der Waals surface area contributed by atoms with E-state index in [9.17, 15) is 4.79 Å². The van der Waals surface area contributed by atoms with E-state index in [-0.39, 0.29) is 5.91 Å². The zero-order chi connectivity index (χ0) is 13.8. The molecule has 1 rings (SSSR count). The number of methoxy groups -OCH3 is 1. The monoisotopic (exact) mass is 314 g/mol. The first-order valence-corrected chi connectivity index (χ1v) is 6.61. The van der Waals surface area contributed by atoms with E-state index in [0.29, 0.717) is 24.4 Å². The Bertz CT molecular complexity index is 431. The first-order chi connectivity index (χ1) is 8.46. The van der Waals surface area contributed by atoms with Crippen molar-refractivity contribution < 1.29 is 9.53 Å². The van der Waals surface area contributed by atoms with E-state index in [1.165, 1.54) is 0 Å². The van der Waals surface area contributed by atoms with Crippen molar-refractivity contribution in [1.82, 2.24) is 0 Å². The topological polar surface area (TPSA) is 64.4 Å². The molecule has 1 aromatic rings. The van der Waals surface area contributed by atoms with Crippen LogP contribution < -0.4 is 15.8 Å². The predicted octanol–water partition coefficient (Wildman–Crippen LogP) is 2.77. The van der Waals surface area contributed by atoms with Crippen LogP contribution in [0.15, 0.2) is 22.7 Å². The zero-order valence-electron chi connectivity index (χ0n) is 10.9. The van der Waals surface area contributed by atoms with E-state index in [0.717, 1.165) is 4.47 Å². The molecule has 1 amide bonds. The van der Waals surface area contributed by atoms with Crippen LogP contribution in [-0.4, -0.2) is 19.6 Å². The Morgan fingerprint density at radius 3 is 2.72 bits per heavy atom. The molecule has 1 atom stereocenters. The van der Waals surface area contributed by atoms with Gasteiger partial charge in [-0.2, -0.15) is 0 Å². The minimum absolute atomic E-state index is 0.0820. The number of benzene rings is 1. The minimum atomic E-state index is -0.553. The molecule has 0 heterocycles. The molecule has 0 fully saturated rings. The average Bonchev–Trinajstić information content (AvgIpc) is 2.40. The van der Waals surface area contributed by atoms with Crippen LogP contribution in [0, 0.1) is 5.41 Å². The third kappa shape index (κ3) is 3.23. The van der Waals surface area contributed by atoms with E-state index in [1.54, 1.807) is 13.2 Å². The van der Waals surface area contributed by atoms with Gasteiger partial charge >= 0.3 is 0 Å². The number of carbonyl (C=O) groups excluding carboxylic acids is 1. The van der Waals surface area contributed by atoms with E-state index in [1.807, 2.05) is 26.0 Å². The summed E-state index contributed by atoms with van der Waals surface area (Å²) in [7, 11) is 1.59. The average molecular weight is 315 g/mol. The highest BCUT2D eigenvalue weighted by atomic mass is 79.9. The van der Waals surface area contributed by atoms with Gasteiger partial charge in [-0.15, -0.1) is 0 Å². The van der Waals surface area contributed by atoms with Gasteiger partial charge in [0.15, 0.2) is 0 Å². The van der Waals surface area contributed by atoms with E-state index >= 15 is 0 Å². The summed E-state index contributed by atoms with van der Waals surface area (Å²) in [6.45, 7) is 4.13. The van der Waals surface area contributed by atoms with Crippen molar-refractivity contribution in [3.63, 3.8) is 0 Å². The number of amides is 1. The van der Waals surface area contributed by atoms with Gasteiger partial charge < -0.3 is 15.8 Å². The summed E-state index contributed by atoms with van der Waals surface area (Å²) in [5, 5.41) is 2.88. The molecule has 0 bridgehead atoms. The van der Waals surface area contributed by atoms with Crippen LogP contribution in [0.1, 0.15) is 20.3 Å². The largest absolute Gasteiger partial charge is 0.497 e. The fourth-order valence-electron chi connectivity index (χ4n) is 1.40. The number of carbonyl (C=O) groups is 1. The maximum Gasteiger partial charge on any atom is 0.231 e. The molecule has 0 aliphatic heterocycles. The van der Waals surface area contributed by atoms with Crippen LogP contribution in [0.25, 0.3) is 0 Å². The fraction of sp³-hybridized carbons (Fsp3) is 0.462. The van der Waals surface area contributed by atoms with Gasteiger partial charge in [0.25, 0.3) is 0 Å². The highest BCUT2D eigenvalue weighted by molar-refractivity contribution is 9.10. The SMILES string of the molecule is CCC(C)(CN)C(=O)Nc1cc(OC)ccc1Br. The van der Waals surface area contributed by atoms with E-state index in [2.05, 4.69) is 21.2 Å². The smallest absolute Gasteiger partial charge is 0.231 e. The Kier molecular flexibility index (Phi) is 5.16. The molecule has 3 N–H and O–H groups in total. The molecule has 18 heavy (non-hydrogen) atoms. The van der Waals surface area contributed by atoms with Gasteiger partial charge in [0, 0.05) is 17.1 Å². The summed E-state index contributed by atoms with van der Waals surface area (Å²) in [5.41, 5.74) is 5.80. The third-order valence-corrected chi connectivity index (χ3v) is 3.89. The molecule has 1 aromatic carbocycles. The number of nitrogens with two attached hydrogens (primary N) is 1. The maximum atomic E-state index is 12.2. The highest BCUT2D eigenvalue weighted by Crippen LogP contribution is 2.29. The standard InChI is InChI=1S/C13H19BrN2O2/c1-4-13(2,8-15)12(17)16-11-7-9(18-3)5-6-10(11)14/h5-7H,4,8,15H2,1-3H3,(H,16,17). The van der Waals surface area contributed by atoms with Crippen LogP contribution in [-0.2, 0) is 4.79 Å². The van der Waals surface area contributed by atoms with Crippen molar-refractivity contribution in [1.29, 1.82) is 0 Å². The first kappa shape index (κ1) is 15.0. The quantitative estimate of drug-likeness (QED) is 0.878. The van der Waals surface area contributed by atoms with Crippen LogP contribution in [0.3, 0.4) is 0 Å². The van der Waals surface area contributed by atoms with Crippen molar-refractivity contribution in [3.8, 4) is 5.75 Å². The normalized spacial score (nSPS) is 13.8. The summed E-state index contributed by atoms with van der Waals surface area (Å²) in [4.78, 5) is 12.2. The second-order valence-electron chi connectivity index (χ2n) is 4.42. The van der Waals surface area contributed by atoms with E-state index in [4.69, 9.17) is 10.5 Å². The summed E-state index contributed by atoms with van der Waals surface area (Å²) in [6.07, 6.45) is 0.691. The van der Waals surface area contributed by atoms with Crippen LogP contribution in [0.2, 0.25) is 0 Å². The molecule has 0 aliphatic rings. The van der Waals surface area contributed by atoms with Crippen molar-refractivity contribution in [2.45, 2.75) is 20.3 Å². The number of anilines is 1. The molecule has 0 aliphatic carbocycles. The van der Waals surface area contributed by atoms with Crippen molar-refractivity contribution in [2.24, 2.45) is 11.1 Å². The van der Waals surface area contributed by atoms with Gasteiger partial charge in [0.05, 0.1) is 18.2 Å². The molecule has 0 saturated heterocycles. The van der Waals surface area contributed by atoms with Gasteiger partial charge in [-0.1, -0.05) is 6.92 Å². The number of hydrogen-bond donors (Lipinski definition) is 2. The Morgan fingerprint density at radius 2 is 2.22 bits per heavy atom. The Balaban J connectivity index is 2.94. The van der Waals surface area contributed by atoms with Crippen molar-refractivity contribution >= 4 is 27.5 Å². The molecular formula is C13H19BrN2O2. The molecule has 100 valence electrons. The summed E-state index contributed by atoms with van der Waals surface area (Å²) >= 11 is 3.40.